The molecular weight excluding hydrogens is 238 g/mol. The highest BCUT2D eigenvalue weighted by atomic mass is 16.5. The zero-order valence-electron chi connectivity index (χ0n) is 12.0. The second kappa shape index (κ2) is 5.64. The van der Waals surface area contributed by atoms with Gasteiger partial charge in [-0.1, -0.05) is 39.0 Å². The Morgan fingerprint density at radius 1 is 1.32 bits per heavy atom. The number of hydrogen-bond donors (Lipinski definition) is 1. The summed E-state index contributed by atoms with van der Waals surface area (Å²) in [5.41, 5.74) is 0.946. The van der Waals surface area contributed by atoms with Crippen LogP contribution in [-0.4, -0.2) is 11.5 Å². The molecule has 0 saturated heterocycles. The molecule has 0 aliphatic carbocycles. The van der Waals surface area contributed by atoms with Gasteiger partial charge in [0.25, 0.3) is 0 Å². The van der Waals surface area contributed by atoms with E-state index in [1.165, 1.54) is 0 Å². The summed E-state index contributed by atoms with van der Waals surface area (Å²) in [5, 5.41) is 3.13. The number of para-hydroxylation sites is 1. The van der Waals surface area contributed by atoms with Crippen LogP contribution in [0.4, 0.5) is 0 Å². The molecule has 0 aromatic heterocycles. The largest absolute Gasteiger partial charge is 0.487 e. The second-order valence-electron chi connectivity index (χ2n) is 5.21. The molecule has 0 fully saturated rings. The lowest BCUT2D eigenvalue weighted by Gasteiger charge is -2.41. The lowest BCUT2D eigenvalue weighted by atomic mass is 9.83. The first kappa shape index (κ1) is 13.9. The van der Waals surface area contributed by atoms with E-state index in [1.807, 2.05) is 31.2 Å². The van der Waals surface area contributed by atoms with Gasteiger partial charge in [0.2, 0.25) is 5.91 Å². The Kier molecular flexibility index (Phi) is 4.13. The molecule has 0 radical (unpaired) electrons. The van der Waals surface area contributed by atoms with Gasteiger partial charge in [0.05, 0.1) is 6.04 Å². The summed E-state index contributed by atoms with van der Waals surface area (Å²) in [6, 6.07) is 8.10. The molecule has 0 bridgehead atoms. The van der Waals surface area contributed by atoms with Gasteiger partial charge in [-0.3, -0.25) is 4.79 Å². The second-order valence-corrected chi connectivity index (χ2v) is 5.21. The van der Waals surface area contributed by atoms with E-state index in [2.05, 4.69) is 19.2 Å². The maximum absolute atomic E-state index is 11.7. The molecule has 1 N–H and O–H groups in total. The van der Waals surface area contributed by atoms with Crippen molar-refractivity contribution in [2.24, 2.45) is 0 Å². The van der Waals surface area contributed by atoms with Gasteiger partial charge in [0, 0.05) is 18.4 Å². The lowest BCUT2D eigenvalue weighted by molar-refractivity contribution is -0.122. The summed E-state index contributed by atoms with van der Waals surface area (Å²) in [6.45, 7) is 6.18. The maximum atomic E-state index is 11.7. The molecule has 2 rings (SSSR count). The van der Waals surface area contributed by atoms with Gasteiger partial charge in [-0.15, -0.1) is 0 Å². The Balaban J connectivity index is 2.33. The van der Waals surface area contributed by atoms with Crippen molar-refractivity contribution in [2.75, 3.05) is 0 Å². The maximum Gasteiger partial charge on any atom is 0.220 e. The monoisotopic (exact) mass is 261 g/mol. The van der Waals surface area contributed by atoms with Crippen LogP contribution in [0.1, 0.15) is 58.1 Å². The molecular formula is C16H23NO2. The molecule has 1 heterocycles. The van der Waals surface area contributed by atoms with Crippen LogP contribution in [-0.2, 0) is 4.79 Å². The van der Waals surface area contributed by atoms with E-state index >= 15 is 0 Å². The third kappa shape index (κ3) is 2.75. The molecule has 3 heteroatoms. The van der Waals surface area contributed by atoms with Gasteiger partial charge in [-0.25, -0.2) is 0 Å². The normalized spacial score (nSPS) is 20.3. The minimum Gasteiger partial charge on any atom is -0.487 e. The average molecular weight is 261 g/mol. The van der Waals surface area contributed by atoms with Crippen LogP contribution in [0.15, 0.2) is 24.3 Å². The summed E-state index contributed by atoms with van der Waals surface area (Å²) in [6.07, 6.45) is 3.28. The van der Waals surface area contributed by atoms with Crippen LogP contribution in [0.5, 0.6) is 5.75 Å². The van der Waals surface area contributed by atoms with Crippen molar-refractivity contribution in [3.8, 4) is 5.75 Å². The zero-order chi connectivity index (χ0) is 13.9. The highest BCUT2D eigenvalue weighted by Crippen LogP contribution is 2.42. The van der Waals surface area contributed by atoms with Crippen LogP contribution in [0, 0.1) is 0 Å². The molecule has 1 aromatic rings. The fourth-order valence-corrected chi connectivity index (χ4v) is 2.73. The number of benzene rings is 1. The molecule has 1 aliphatic heterocycles. The number of carbonyl (C=O) groups is 1. The molecule has 1 atom stereocenters. The predicted molar refractivity (Wildman–Crippen MR) is 76.2 cm³/mol. The molecule has 0 unspecified atom stereocenters. The van der Waals surface area contributed by atoms with Crippen molar-refractivity contribution in [1.29, 1.82) is 0 Å². The van der Waals surface area contributed by atoms with Crippen LogP contribution >= 0.6 is 0 Å². The summed E-state index contributed by atoms with van der Waals surface area (Å²) < 4.78 is 6.21. The lowest BCUT2D eigenvalue weighted by Crippen LogP contribution is -2.44. The van der Waals surface area contributed by atoms with E-state index in [1.54, 1.807) is 0 Å². The Morgan fingerprint density at radius 3 is 2.63 bits per heavy atom. The van der Waals surface area contributed by atoms with Crippen molar-refractivity contribution >= 4 is 5.91 Å². The topological polar surface area (TPSA) is 38.3 Å². The summed E-state index contributed by atoms with van der Waals surface area (Å²) >= 11 is 0. The standard InChI is InChI=1S/C16H23NO2/c1-4-15(18)17-13-11-16(5-2,6-3)19-14-10-8-7-9-12(13)14/h7-10,13H,4-6,11H2,1-3H3,(H,17,18)/t13-/m1/s1. The van der Waals surface area contributed by atoms with Gasteiger partial charge < -0.3 is 10.1 Å². The third-order valence-corrected chi connectivity index (χ3v) is 4.14. The molecule has 1 aliphatic rings. The van der Waals surface area contributed by atoms with Crippen molar-refractivity contribution in [2.45, 2.75) is 58.1 Å². The van der Waals surface area contributed by atoms with Crippen molar-refractivity contribution in [1.82, 2.24) is 5.32 Å². The van der Waals surface area contributed by atoms with Crippen LogP contribution < -0.4 is 10.1 Å². The highest BCUT2D eigenvalue weighted by molar-refractivity contribution is 5.76. The SMILES string of the molecule is CCC(=O)N[C@@H]1CC(CC)(CC)Oc2ccccc21. The molecule has 1 amide bonds. The van der Waals surface area contributed by atoms with Gasteiger partial charge in [-0.2, -0.15) is 0 Å². The van der Waals surface area contributed by atoms with E-state index in [0.717, 1.165) is 30.6 Å². The van der Waals surface area contributed by atoms with Gasteiger partial charge in [-0.05, 0) is 18.9 Å². The fraction of sp³-hybridized carbons (Fsp3) is 0.562. The van der Waals surface area contributed by atoms with Crippen molar-refractivity contribution in [3.05, 3.63) is 29.8 Å². The van der Waals surface area contributed by atoms with E-state index in [4.69, 9.17) is 4.74 Å². The van der Waals surface area contributed by atoms with Crippen LogP contribution in [0.25, 0.3) is 0 Å². The molecule has 1 aromatic carbocycles. The Bertz CT molecular complexity index is 452. The van der Waals surface area contributed by atoms with E-state index in [0.29, 0.717) is 6.42 Å². The molecule has 104 valence electrons. The van der Waals surface area contributed by atoms with Gasteiger partial charge in [0.1, 0.15) is 11.4 Å². The summed E-state index contributed by atoms with van der Waals surface area (Å²) in [5.74, 6) is 1.02. The van der Waals surface area contributed by atoms with Gasteiger partial charge >= 0.3 is 0 Å². The summed E-state index contributed by atoms with van der Waals surface area (Å²) in [4.78, 5) is 11.7. The quantitative estimate of drug-likeness (QED) is 0.899. The first-order valence-corrected chi connectivity index (χ1v) is 7.21. The minimum atomic E-state index is -0.153. The first-order valence-electron chi connectivity index (χ1n) is 7.21. The molecule has 19 heavy (non-hydrogen) atoms. The van der Waals surface area contributed by atoms with Crippen molar-refractivity contribution < 1.29 is 9.53 Å². The molecule has 0 saturated carbocycles. The number of rotatable bonds is 4. The number of fused-ring (bicyclic) bond motifs is 1. The smallest absolute Gasteiger partial charge is 0.220 e. The van der Waals surface area contributed by atoms with Gasteiger partial charge in [0.15, 0.2) is 0 Å². The highest BCUT2D eigenvalue weighted by Gasteiger charge is 2.38. The third-order valence-electron chi connectivity index (χ3n) is 4.14. The number of nitrogens with one attached hydrogen (secondary N) is 1. The number of hydrogen-bond acceptors (Lipinski definition) is 2. The summed E-state index contributed by atoms with van der Waals surface area (Å²) in [7, 11) is 0. The van der Waals surface area contributed by atoms with E-state index in [-0.39, 0.29) is 17.6 Å². The minimum absolute atomic E-state index is 0.0669. The van der Waals surface area contributed by atoms with E-state index < -0.39 is 0 Å². The molecule has 0 spiro atoms. The number of amides is 1. The Hall–Kier alpha value is -1.51. The fourth-order valence-electron chi connectivity index (χ4n) is 2.73. The average Bonchev–Trinajstić information content (AvgIpc) is 2.46. The number of carbonyl (C=O) groups excluding carboxylic acids is 1. The first-order chi connectivity index (χ1) is 9.14. The van der Waals surface area contributed by atoms with Crippen LogP contribution in [0.3, 0.4) is 0 Å². The predicted octanol–water partition coefficient (Wildman–Crippen LogP) is 3.60. The zero-order valence-corrected chi connectivity index (χ0v) is 12.0. The van der Waals surface area contributed by atoms with Crippen molar-refractivity contribution in [3.63, 3.8) is 0 Å². The molecule has 3 nitrogen and oxygen atoms in total. The number of ether oxygens (including phenoxy) is 1. The Labute approximate surface area is 115 Å². The van der Waals surface area contributed by atoms with Crippen LogP contribution in [0.2, 0.25) is 0 Å². The Morgan fingerprint density at radius 2 is 2.00 bits per heavy atom. The van der Waals surface area contributed by atoms with E-state index in [9.17, 15) is 4.79 Å².